The van der Waals surface area contributed by atoms with E-state index < -0.39 is 5.95 Å². The molecular weight excluding hydrogens is 485 g/mol. The van der Waals surface area contributed by atoms with Crippen molar-refractivity contribution in [2.75, 3.05) is 7.05 Å². The standard InChI is InChI=1S/C24H20FN7OS2/c1-28-19(8-9-26)23-21(6-4-18(31-23)15-2-7-22(25)30-14-15)33-20-5-3-17(12-16(20)13-27)35-32-24-29-10-11-34-24/h2-12,14,24,26,28-29,32H,1H3/b19-8-,26-9?. The lowest BCUT2D eigenvalue weighted by molar-refractivity contribution is 0.476. The average molecular weight is 506 g/mol. The van der Waals surface area contributed by atoms with Gasteiger partial charge in [-0.05, 0) is 65.9 Å². The van der Waals surface area contributed by atoms with Crippen molar-refractivity contribution in [2.24, 2.45) is 0 Å². The number of nitriles is 1. The second-order valence-corrected chi connectivity index (χ2v) is 8.91. The van der Waals surface area contributed by atoms with Gasteiger partial charge in [-0.1, -0.05) is 11.8 Å². The molecule has 0 bridgehead atoms. The normalized spacial score (nSPS) is 14.8. The van der Waals surface area contributed by atoms with Crippen molar-refractivity contribution in [1.82, 2.24) is 25.3 Å². The van der Waals surface area contributed by atoms with E-state index in [4.69, 9.17) is 10.1 Å². The fourth-order valence-corrected chi connectivity index (χ4v) is 4.57. The van der Waals surface area contributed by atoms with E-state index in [0.29, 0.717) is 39.7 Å². The van der Waals surface area contributed by atoms with E-state index >= 15 is 0 Å². The Kier molecular flexibility index (Phi) is 7.99. The molecule has 3 aromatic rings. The molecule has 4 rings (SSSR count). The van der Waals surface area contributed by atoms with Crippen molar-refractivity contribution in [3.8, 4) is 28.8 Å². The number of ether oxygens (including phenoxy) is 1. The van der Waals surface area contributed by atoms with Gasteiger partial charge in [0.25, 0.3) is 0 Å². The molecule has 0 spiro atoms. The Morgan fingerprint density at radius 3 is 2.83 bits per heavy atom. The number of benzene rings is 1. The van der Waals surface area contributed by atoms with Gasteiger partial charge in [-0.2, -0.15) is 9.65 Å². The third kappa shape index (κ3) is 5.99. The van der Waals surface area contributed by atoms with E-state index in [0.717, 1.165) is 11.1 Å². The number of halogens is 1. The highest BCUT2D eigenvalue weighted by Gasteiger charge is 2.16. The molecule has 1 aromatic carbocycles. The third-order valence-electron chi connectivity index (χ3n) is 4.76. The Morgan fingerprint density at radius 1 is 1.29 bits per heavy atom. The van der Waals surface area contributed by atoms with Crippen LogP contribution in [-0.2, 0) is 0 Å². The minimum atomic E-state index is -0.579. The summed E-state index contributed by atoms with van der Waals surface area (Å²) in [4.78, 5) is 9.22. The van der Waals surface area contributed by atoms with E-state index in [-0.39, 0.29) is 5.50 Å². The van der Waals surface area contributed by atoms with Crippen LogP contribution in [0.4, 0.5) is 4.39 Å². The zero-order valence-electron chi connectivity index (χ0n) is 18.4. The van der Waals surface area contributed by atoms with E-state index in [9.17, 15) is 9.65 Å². The van der Waals surface area contributed by atoms with Crippen LogP contribution in [0.2, 0.25) is 0 Å². The molecule has 35 heavy (non-hydrogen) atoms. The molecule has 1 aliphatic rings. The third-order valence-corrected chi connectivity index (χ3v) is 6.57. The fourth-order valence-electron chi connectivity index (χ4n) is 3.11. The molecule has 1 atom stereocenters. The van der Waals surface area contributed by atoms with Crippen molar-refractivity contribution >= 4 is 35.6 Å². The summed E-state index contributed by atoms with van der Waals surface area (Å²) in [5.41, 5.74) is 2.57. The van der Waals surface area contributed by atoms with Gasteiger partial charge < -0.3 is 20.8 Å². The molecule has 1 unspecified atom stereocenters. The molecule has 0 radical (unpaired) electrons. The largest absolute Gasteiger partial charge is 0.454 e. The summed E-state index contributed by atoms with van der Waals surface area (Å²) in [7, 11) is 1.71. The molecule has 3 heterocycles. The van der Waals surface area contributed by atoms with Crippen molar-refractivity contribution in [3.05, 3.63) is 83.6 Å². The summed E-state index contributed by atoms with van der Waals surface area (Å²) in [6.07, 6.45) is 5.95. The molecule has 0 saturated heterocycles. The lowest BCUT2D eigenvalue weighted by atomic mass is 10.1. The predicted octanol–water partition coefficient (Wildman–Crippen LogP) is 4.84. The first-order chi connectivity index (χ1) is 17.1. The summed E-state index contributed by atoms with van der Waals surface area (Å²) in [6, 6.07) is 13.8. The number of nitrogens with zero attached hydrogens (tertiary/aromatic N) is 3. The van der Waals surface area contributed by atoms with Crippen molar-refractivity contribution in [1.29, 1.82) is 10.7 Å². The molecule has 0 aliphatic carbocycles. The van der Waals surface area contributed by atoms with Crippen LogP contribution in [0.3, 0.4) is 0 Å². The first-order valence-corrected chi connectivity index (χ1v) is 12.1. The Balaban J connectivity index is 1.64. The van der Waals surface area contributed by atoms with Gasteiger partial charge in [0.05, 0.1) is 17.0 Å². The molecule has 11 heteroatoms. The van der Waals surface area contributed by atoms with Gasteiger partial charge in [0.15, 0.2) is 5.75 Å². The van der Waals surface area contributed by atoms with Crippen LogP contribution in [-0.4, -0.2) is 28.7 Å². The SMILES string of the molecule is CN/C(=C\C=N)c1nc(-c2ccc(F)nc2)ccc1Oc1ccc(SNC2NC=CS2)cc1C#N. The van der Waals surface area contributed by atoms with Crippen LogP contribution in [0, 0.1) is 22.7 Å². The van der Waals surface area contributed by atoms with Gasteiger partial charge in [0.1, 0.15) is 23.0 Å². The molecule has 2 aromatic heterocycles. The van der Waals surface area contributed by atoms with Crippen molar-refractivity contribution < 1.29 is 9.13 Å². The maximum atomic E-state index is 13.3. The first-order valence-electron chi connectivity index (χ1n) is 10.3. The molecule has 0 amide bonds. The Morgan fingerprint density at radius 2 is 2.14 bits per heavy atom. The number of thioether (sulfide) groups is 1. The van der Waals surface area contributed by atoms with Gasteiger partial charge in [-0.15, -0.1) is 0 Å². The van der Waals surface area contributed by atoms with Crippen molar-refractivity contribution in [2.45, 2.75) is 10.4 Å². The highest BCUT2D eigenvalue weighted by molar-refractivity contribution is 8.04. The second-order valence-electron chi connectivity index (χ2n) is 6.99. The van der Waals surface area contributed by atoms with E-state index in [2.05, 4.69) is 31.4 Å². The molecule has 176 valence electrons. The number of allylic oxidation sites excluding steroid dienone is 1. The van der Waals surface area contributed by atoms with Gasteiger partial charge >= 0.3 is 0 Å². The predicted molar refractivity (Wildman–Crippen MR) is 137 cm³/mol. The maximum Gasteiger partial charge on any atom is 0.212 e. The van der Waals surface area contributed by atoms with Gasteiger partial charge in [0, 0.05) is 36.1 Å². The Labute approximate surface area is 210 Å². The molecule has 0 fully saturated rings. The lowest BCUT2D eigenvalue weighted by Crippen LogP contribution is -2.28. The van der Waals surface area contributed by atoms with Gasteiger partial charge in [-0.3, -0.25) is 0 Å². The smallest absolute Gasteiger partial charge is 0.212 e. The number of hydrogen-bond acceptors (Lipinski definition) is 10. The number of pyridine rings is 2. The molecule has 1 aliphatic heterocycles. The summed E-state index contributed by atoms with van der Waals surface area (Å²) < 4.78 is 22.7. The fraction of sp³-hybridized carbons (Fsp3) is 0.0833. The second kappa shape index (κ2) is 11.5. The number of aromatic nitrogens is 2. The van der Waals surface area contributed by atoms with Crippen LogP contribution in [0.5, 0.6) is 11.5 Å². The quantitative estimate of drug-likeness (QED) is 0.184. The molecule has 8 nitrogen and oxygen atoms in total. The minimum absolute atomic E-state index is 0.0607. The number of hydrogen-bond donors (Lipinski definition) is 4. The van der Waals surface area contributed by atoms with E-state index in [1.54, 1.807) is 55.2 Å². The molecule has 4 N–H and O–H groups in total. The number of nitrogens with one attached hydrogen (secondary N) is 4. The van der Waals surface area contributed by atoms with Crippen LogP contribution < -0.4 is 20.1 Å². The molecular formula is C24H20FN7OS2. The van der Waals surface area contributed by atoms with E-state index in [1.807, 2.05) is 17.7 Å². The first kappa shape index (κ1) is 24.3. The van der Waals surface area contributed by atoms with Crippen LogP contribution in [0.1, 0.15) is 11.3 Å². The zero-order valence-corrected chi connectivity index (χ0v) is 20.1. The highest BCUT2D eigenvalue weighted by Crippen LogP contribution is 2.34. The summed E-state index contributed by atoms with van der Waals surface area (Å²) in [5.74, 6) is 0.180. The maximum absolute atomic E-state index is 13.3. The topological polar surface area (TPSA) is 119 Å². The Bertz CT molecular complexity index is 1310. The average Bonchev–Trinajstić information content (AvgIpc) is 3.41. The number of rotatable bonds is 9. The lowest BCUT2D eigenvalue weighted by Gasteiger charge is -2.16. The van der Waals surface area contributed by atoms with Crippen LogP contribution >= 0.6 is 23.7 Å². The summed E-state index contributed by atoms with van der Waals surface area (Å²) in [5, 5.41) is 25.4. The van der Waals surface area contributed by atoms with Gasteiger partial charge in [-0.25, -0.2) is 14.7 Å². The van der Waals surface area contributed by atoms with Crippen molar-refractivity contribution in [3.63, 3.8) is 0 Å². The minimum Gasteiger partial charge on any atom is -0.454 e. The van der Waals surface area contributed by atoms with E-state index in [1.165, 1.54) is 24.2 Å². The summed E-state index contributed by atoms with van der Waals surface area (Å²) >= 11 is 3.03. The van der Waals surface area contributed by atoms with Crippen LogP contribution in [0.25, 0.3) is 17.0 Å². The molecule has 0 saturated carbocycles. The van der Waals surface area contributed by atoms with Gasteiger partial charge in [0.2, 0.25) is 5.95 Å². The Hall–Kier alpha value is -3.85. The summed E-state index contributed by atoms with van der Waals surface area (Å²) in [6.45, 7) is 0. The highest BCUT2D eigenvalue weighted by atomic mass is 32.2. The van der Waals surface area contributed by atoms with Crippen LogP contribution in [0.15, 0.2) is 71.2 Å². The zero-order chi connectivity index (χ0) is 24.6. The monoisotopic (exact) mass is 505 g/mol.